The third-order valence-electron chi connectivity index (χ3n) is 3.56. The highest BCUT2D eigenvalue weighted by molar-refractivity contribution is 9.10. The van der Waals surface area contributed by atoms with Crippen molar-refractivity contribution in [2.75, 3.05) is 7.05 Å². The fraction of sp³-hybridized carbons (Fsp3) is 0.250. The second-order valence-corrected chi connectivity index (χ2v) is 5.79. The lowest BCUT2D eigenvalue weighted by atomic mass is 10.1. The minimum atomic E-state index is -0.623. The van der Waals surface area contributed by atoms with Crippen LogP contribution in [0.25, 0.3) is 0 Å². The van der Waals surface area contributed by atoms with E-state index in [1.54, 1.807) is 37.1 Å². The Morgan fingerprint density at radius 1 is 1.05 bits per heavy atom. The summed E-state index contributed by atoms with van der Waals surface area (Å²) >= 11 is 3.04. The maximum atomic E-state index is 14.0. The van der Waals surface area contributed by atoms with Gasteiger partial charge in [-0.1, -0.05) is 18.2 Å². The maximum absolute atomic E-state index is 14.0. The SMILES string of the molecule is CC(c1ccccc1F)N(C)Cc1c(F)ccc(Br)c1F. The Morgan fingerprint density at radius 3 is 2.38 bits per heavy atom. The largest absolute Gasteiger partial charge is 0.295 e. The molecule has 0 bridgehead atoms. The van der Waals surface area contributed by atoms with Crippen LogP contribution in [0, 0.1) is 17.5 Å². The average molecular weight is 358 g/mol. The van der Waals surface area contributed by atoms with Gasteiger partial charge in [-0.3, -0.25) is 4.90 Å². The van der Waals surface area contributed by atoms with Crippen molar-refractivity contribution in [2.24, 2.45) is 0 Å². The van der Waals surface area contributed by atoms with Gasteiger partial charge < -0.3 is 0 Å². The molecule has 0 heterocycles. The van der Waals surface area contributed by atoms with E-state index in [9.17, 15) is 13.2 Å². The molecule has 0 amide bonds. The summed E-state index contributed by atoms with van der Waals surface area (Å²) in [5.74, 6) is -1.56. The van der Waals surface area contributed by atoms with E-state index in [4.69, 9.17) is 0 Å². The van der Waals surface area contributed by atoms with Gasteiger partial charge in [0.2, 0.25) is 0 Å². The quantitative estimate of drug-likeness (QED) is 0.691. The Morgan fingerprint density at radius 2 is 1.71 bits per heavy atom. The van der Waals surface area contributed by atoms with Gasteiger partial charge in [0.25, 0.3) is 0 Å². The Kier molecular flexibility index (Phi) is 5.06. The molecule has 0 aromatic heterocycles. The molecule has 0 radical (unpaired) electrons. The third-order valence-corrected chi connectivity index (χ3v) is 4.18. The Bertz CT molecular complexity index is 645. The van der Waals surface area contributed by atoms with E-state index in [0.717, 1.165) is 0 Å². The standard InChI is InChI=1S/C16H15BrF3N/c1-10(11-5-3-4-6-14(11)18)21(2)9-12-15(19)8-7-13(17)16(12)20/h3-8,10H,9H2,1-2H3. The first-order valence-corrected chi connectivity index (χ1v) is 7.28. The van der Waals surface area contributed by atoms with E-state index < -0.39 is 11.6 Å². The van der Waals surface area contributed by atoms with E-state index in [2.05, 4.69) is 15.9 Å². The molecule has 0 saturated carbocycles. The summed E-state index contributed by atoms with van der Waals surface area (Å²) in [6, 6.07) is 8.63. The fourth-order valence-electron chi connectivity index (χ4n) is 2.15. The molecule has 0 aliphatic carbocycles. The average Bonchev–Trinajstić information content (AvgIpc) is 2.47. The zero-order valence-electron chi connectivity index (χ0n) is 11.7. The fourth-order valence-corrected chi connectivity index (χ4v) is 2.52. The van der Waals surface area contributed by atoms with Crippen LogP contribution in [-0.4, -0.2) is 11.9 Å². The van der Waals surface area contributed by atoms with Crippen LogP contribution in [0.4, 0.5) is 13.2 Å². The molecule has 0 fully saturated rings. The molecule has 1 nitrogen and oxygen atoms in total. The molecule has 1 unspecified atom stereocenters. The summed E-state index contributed by atoms with van der Waals surface area (Å²) in [5, 5.41) is 0. The van der Waals surface area contributed by atoms with Crippen LogP contribution in [0.1, 0.15) is 24.1 Å². The lowest BCUT2D eigenvalue weighted by Gasteiger charge is -2.26. The molecule has 0 aliphatic rings. The van der Waals surface area contributed by atoms with Crippen molar-refractivity contribution in [2.45, 2.75) is 19.5 Å². The first-order chi connectivity index (χ1) is 9.91. The van der Waals surface area contributed by atoms with E-state index >= 15 is 0 Å². The minimum Gasteiger partial charge on any atom is -0.295 e. The number of hydrogen-bond acceptors (Lipinski definition) is 1. The summed E-state index contributed by atoms with van der Waals surface area (Å²) < 4.78 is 41.7. The first kappa shape index (κ1) is 16.0. The highest BCUT2D eigenvalue weighted by atomic mass is 79.9. The summed E-state index contributed by atoms with van der Waals surface area (Å²) in [6.45, 7) is 1.85. The van der Waals surface area contributed by atoms with Crippen molar-refractivity contribution >= 4 is 15.9 Å². The predicted octanol–water partition coefficient (Wildman–Crippen LogP) is 5.06. The van der Waals surface area contributed by atoms with E-state index in [1.165, 1.54) is 18.2 Å². The van der Waals surface area contributed by atoms with Gasteiger partial charge in [0.05, 0.1) is 4.47 Å². The van der Waals surface area contributed by atoms with Gasteiger partial charge in [-0.25, -0.2) is 13.2 Å². The van der Waals surface area contributed by atoms with Gasteiger partial charge in [-0.05, 0) is 48.1 Å². The van der Waals surface area contributed by atoms with Crippen molar-refractivity contribution in [1.29, 1.82) is 0 Å². The topological polar surface area (TPSA) is 3.24 Å². The van der Waals surface area contributed by atoms with Crippen LogP contribution < -0.4 is 0 Å². The van der Waals surface area contributed by atoms with Crippen LogP contribution in [0.2, 0.25) is 0 Å². The van der Waals surface area contributed by atoms with Crippen LogP contribution in [0.5, 0.6) is 0 Å². The third kappa shape index (κ3) is 3.47. The Hall–Kier alpha value is -1.33. The number of hydrogen-bond donors (Lipinski definition) is 0. The van der Waals surface area contributed by atoms with Gasteiger partial charge in [-0.15, -0.1) is 0 Å². The zero-order chi connectivity index (χ0) is 15.6. The molecule has 0 N–H and O–H groups in total. The number of rotatable bonds is 4. The molecule has 1 atom stereocenters. The van der Waals surface area contributed by atoms with Crippen molar-refractivity contribution in [3.8, 4) is 0 Å². The smallest absolute Gasteiger partial charge is 0.144 e. The summed E-state index contributed by atoms with van der Waals surface area (Å²) in [5.41, 5.74) is 0.464. The highest BCUT2D eigenvalue weighted by Gasteiger charge is 2.19. The monoisotopic (exact) mass is 357 g/mol. The van der Waals surface area contributed by atoms with Gasteiger partial charge in [0.1, 0.15) is 17.5 Å². The molecular formula is C16H15BrF3N. The van der Waals surface area contributed by atoms with Crippen molar-refractivity contribution in [3.63, 3.8) is 0 Å². The molecule has 2 aromatic carbocycles. The maximum Gasteiger partial charge on any atom is 0.144 e. The van der Waals surface area contributed by atoms with Gasteiger partial charge in [0.15, 0.2) is 0 Å². The summed E-state index contributed by atoms with van der Waals surface area (Å²) in [6.07, 6.45) is 0. The second kappa shape index (κ2) is 6.62. The minimum absolute atomic E-state index is 0.0323. The van der Waals surface area contributed by atoms with Gasteiger partial charge >= 0.3 is 0 Å². The molecule has 112 valence electrons. The van der Waals surface area contributed by atoms with Crippen LogP contribution >= 0.6 is 15.9 Å². The van der Waals surface area contributed by atoms with Crippen molar-refractivity contribution < 1.29 is 13.2 Å². The molecule has 21 heavy (non-hydrogen) atoms. The Balaban J connectivity index is 2.24. The second-order valence-electron chi connectivity index (χ2n) is 4.93. The van der Waals surface area contributed by atoms with Crippen LogP contribution in [-0.2, 0) is 6.54 Å². The van der Waals surface area contributed by atoms with E-state index in [-0.39, 0.29) is 28.4 Å². The molecule has 0 spiro atoms. The van der Waals surface area contributed by atoms with E-state index in [1.807, 2.05) is 0 Å². The molecule has 0 aliphatic heterocycles. The molecule has 2 rings (SSSR count). The number of benzene rings is 2. The molecular weight excluding hydrogens is 343 g/mol. The van der Waals surface area contributed by atoms with E-state index in [0.29, 0.717) is 5.56 Å². The van der Waals surface area contributed by atoms with Crippen molar-refractivity contribution in [1.82, 2.24) is 4.90 Å². The first-order valence-electron chi connectivity index (χ1n) is 6.49. The number of nitrogens with zero attached hydrogens (tertiary/aromatic N) is 1. The molecule has 0 saturated heterocycles. The lowest BCUT2D eigenvalue weighted by Crippen LogP contribution is -2.24. The molecule has 5 heteroatoms. The van der Waals surface area contributed by atoms with Crippen LogP contribution in [0.15, 0.2) is 40.9 Å². The van der Waals surface area contributed by atoms with Crippen molar-refractivity contribution in [3.05, 3.63) is 69.4 Å². The normalized spacial score (nSPS) is 12.7. The summed E-state index contributed by atoms with van der Waals surface area (Å²) in [7, 11) is 1.71. The predicted molar refractivity (Wildman–Crippen MR) is 80.3 cm³/mol. The van der Waals surface area contributed by atoms with Crippen LogP contribution in [0.3, 0.4) is 0 Å². The van der Waals surface area contributed by atoms with Gasteiger partial charge in [-0.2, -0.15) is 0 Å². The lowest BCUT2D eigenvalue weighted by molar-refractivity contribution is 0.240. The number of halogens is 4. The molecule has 2 aromatic rings. The highest BCUT2D eigenvalue weighted by Crippen LogP contribution is 2.27. The zero-order valence-corrected chi connectivity index (χ0v) is 13.3. The van der Waals surface area contributed by atoms with Gasteiger partial charge in [0, 0.05) is 23.7 Å². The Labute approximate surface area is 130 Å². The summed E-state index contributed by atoms with van der Waals surface area (Å²) in [4.78, 5) is 1.70.